The van der Waals surface area contributed by atoms with E-state index in [0.29, 0.717) is 30.7 Å². The number of nitrogens with zero attached hydrogens (tertiary/aromatic N) is 2. The number of aromatic nitrogens is 2. The monoisotopic (exact) mass is 330 g/mol. The summed E-state index contributed by atoms with van der Waals surface area (Å²) in [5.41, 5.74) is 1.23. The van der Waals surface area contributed by atoms with E-state index in [1.54, 1.807) is 13.0 Å². The Morgan fingerprint density at radius 1 is 1.52 bits per heavy atom. The Kier molecular flexibility index (Phi) is 3.69. The minimum Gasteiger partial charge on any atom is -0.325 e. The van der Waals surface area contributed by atoms with E-state index in [1.807, 2.05) is 4.57 Å². The van der Waals surface area contributed by atoms with E-state index in [2.05, 4.69) is 4.98 Å². The van der Waals surface area contributed by atoms with Gasteiger partial charge in [0.05, 0.1) is 27.4 Å². The highest BCUT2D eigenvalue weighted by Gasteiger charge is 2.32. The molecule has 1 aliphatic heterocycles. The van der Waals surface area contributed by atoms with Gasteiger partial charge in [0.25, 0.3) is 0 Å². The fourth-order valence-corrected chi connectivity index (χ4v) is 4.85. The molecule has 2 heterocycles. The maximum Gasteiger partial charge on any atom is 0.154 e. The molecule has 0 saturated carbocycles. The molecule has 1 fully saturated rings. The number of sulfone groups is 1. The van der Waals surface area contributed by atoms with Crippen molar-refractivity contribution in [3.63, 3.8) is 0 Å². The van der Waals surface area contributed by atoms with Crippen molar-refractivity contribution < 1.29 is 12.8 Å². The molecular formula is C14H16ClFN2O2S. The second kappa shape index (κ2) is 5.25. The van der Waals surface area contributed by atoms with Gasteiger partial charge in [-0.15, -0.1) is 11.6 Å². The summed E-state index contributed by atoms with van der Waals surface area (Å²) in [5, 5.41) is -0.779. The van der Waals surface area contributed by atoms with Crippen LogP contribution in [-0.2, 0) is 16.4 Å². The number of hydrogen-bond donors (Lipinski definition) is 0. The lowest BCUT2D eigenvalue weighted by Crippen LogP contribution is -2.23. The number of halogens is 2. The van der Waals surface area contributed by atoms with Crippen molar-refractivity contribution in [1.29, 1.82) is 0 Å². The minimum atomic E-state index is -3.05. The van der Waals surface area contributed by atoms with Gasteiger partial charge >= 0.3 is 0 Å². The molecule has 0 spiro atoms. The molecule has 0 bridgehead atoms. The van der Waals surface area contributed by atoms with Crippen LogP contribution in [0.25, 0.3) is 11.0 Å². The summed E-state index contributed by atoms with van der Waals surface area (Å²) < 4.78 is 39.2. The summed E-state index contributed by atoms with van der Waals surface area (Å²) >= 11 is 6.15. The van der Waals surface area contributed by atoms with Crippen LogP contribution in [0.4, 0.5) is 4.39 Å². The first-order valence-electron chi connectivity index (χ1n) is 6.90. The largest absolute Gasteiger partial charge is 0.325 e. The van der Waals surface area contributed by atoms with E-state index < -0.39 is 15.1 Å². The van der Waals surface area contributed by atoms with Crippen LogP contribution in [0.15, 0.2) is 18.2 Å². The molecule has 7 heteroatoms. The molecular weight excluding hydrogens is 315 g/mol. The van der Waals surface area contributed by atoms with Gasteiger partial charge in [0.15, 0.2) is 9.84 Å². The number of hydrogen-bond acceptors (Lipinski definition) is 3. The van der Waals surface area contributed by atoms with Crippen LogP contribution in [-0.4, -0.2) is 29.0 Å². The Labute approximate surface area is 127 Å². The molecule has 4 nitrogen and oxygen atoms in total. The number of fused-ring (bicyclic) bond motifs is 1. The number of imidazole rings is 1. The van der Waals surface area contributed by atoms with Gasteiger partial charge < -0.3 is 4.57 Å². The summed E-state index contributed by atoms with van der Waals surface area (Å²) in [6.07, 6.45) is 1.35. The highest BCUT2D eigenvalue weighted by atomic mass is 35.5. The molecule has 1 saturated heterocycles. The van der Waals surface area contributed by atoms with Crippen LogP contribution >= 0.6 is 11.6 Å². The fraction of sp³-hybridized carbons (Fsp3) is 0.500. The number of alkyl halides is 1. The van der Waals surface area contributed by atoms with Crippen molar-refractivity contribution >= 4 is 32.5 Å². The Morgan fingerprint density at radius 3 is 2.90 bits per heavy atom. The van der Waals surface area contributed by atoms with Crippen LogP contribution < -0.4 is 0 Å². The molecule has 0 N–H and O–H groups in total. The van der Waals surface area contributed by atoms with Crippen molar-refractivity contribution in [2.24, 2.45) is 0 Å². The lowest BCUT2D eigenvalue weighted by Gasteiger charge is -2.15. The standard InChI is InChI=1S/C14H16ClFN2O2S/c1-9(15)14-17-12-7-10(16)4-5-13(12)18(14)8-11-3-2-6-21(11,19)20/h4-5,7,9,11H,2-3,6,8H2,1H3. The van der Waals surface area contributed by atoms with Gasteiger partial charge in [0.1, 0.15) is 11.6 Å². The van der Waals surface area contributed by atoms with Crippen LogP contribution in [0.1, 0.15) is 31.0 Å². The summed E-state index contributed by atoms with van der Waals surface area (Å²) in [6.45, 7) is 2.11. The van der Waals surface area contributed by atoms with Gasteiger partial charge in [0.2, 0.25) is 0 Å². The summed E-state index contributed by atoms with van der Waals surface area (Å²) in [4.78, 5) is 4.36. The fourth-order valence-electron chi connectivity index (χ4n) is 2.88. The zero-order valence-corrected chi connectivity index (χ0v) is 13.2. The molecule has 3 rings (SSSR count). The van der Waals surface area contributed by atoms with Crippen LogP contribution in [0.2, 0.25) is 0 Å². The molecule has 1 aromatic heterocycles. The molecule has 21 heavy (non-hydrogen) atoms. The zero-order chi connectivity index (χ0) is 15.2. The Morgan fingerprint density at radius 2 is 2.29 bits per heavy atom. The number of rotatable bonds is 3. The summed E-state index contributed by atoms with van der Waals surface area (Å²) in [7, 11) is -3.05. The minimum absolute atomic E-state index is 0.241. The summed E-state index contributed by atoms with van der Waals surface area (Å²) in [5.74, 6) is 0.457. The second-order valence-electron chi connectivity index (χ2n) is 5.46. The highest BCUT2D eigenvalue weighted by molar-refractivity contribution is 7.92. The van der Waals surface area contributed by atoms with Crippen molar-refractivity contribution in [3.05, 3.63) is 29.8 Å². The Hall–Kier alpha value is -1.14. The van der Waals surface area contributed by atoms with E-state index in [9.17, 15) is 12.8 Å². The molecule has 1 aliphatic rings. The molecule has 2 unspecified atom stereocenters. The van der Waals surface area contributed by atoms with E-state index >= 15 is 0 Å². The quantitative estimate of drug-likeness (QED) is 0.813. The Bertz CT molecular complexity index is 786. The number of benzene rings is 1. The van der Waals surface area contributed by atoms with Gasteiger partial charge in [-0.1, -0.05) is 0 Å². The molecule has 1 aromatic carbocycles. The summed E-state index contributed by atoms with van der Waals surface area (Å²) in [6, 6.07) is 4.33. The predicted octanol–water partition coefficient (Wildman–Crippen LogP) is 3.05. The topological polar surface area (TPSA) is 52.0 Å². The molecule has 0 amide bonds. The van der Waals surface area contributed by atoms with Crippen molar-refractivity contribution in [2.75, 3.05) is 5.75 Å². The Balaban J connectivity index is 2.09. The van der Waals surface area contributed by atoms with Crippen LogP contribution in [0.3, 0.4) is 0 Å². The van der Waals surface area contributed by atoms with E-state index in [4.69, 9.17) is 11.6 Å². The van der Waals surface area contributed by atoms with Gasteiger partial charge in [0, 0.05) is 12.6 Å². The highest BCUT2D eigenvalue weighted by Crippen LogP contribution is 2.29. The maximum absolute atomic E-state index is 13.3. The average molecular weight is 331 g/mol. The lowest BCUT2D eigenvalue weighted by molar-refractivity contribution is 0.562. The normalized spacial score (nSPS) is 22.7. The third kappa shape index (κ3) is 2.66. The van der Waals surface area contributed by atoms with Gasteiger partial charge in [-0.05, 0) is 31.9 Å². The third-order valence-electron chi connectivity index (χ3n) is 3.94. The van der Waals surface area contributed by atoms with Gasteiger partial charge in [-0.25, -0.2) is 17.8 Å². The maximum atomic E-state index is 13.3. The third-order valence-corrected chi connectivity index (χ3v) is 6.40. The molecule has 0 aliphatic carbocycles. The predicted molar refractivity (Wildman–Crippen MR) is 80.8 cm³/mol. The smallest absolute Gasteiger partial charge is 0.154 e. The van der Waals surface area contributed by atoms with Crippen molar-refractivity contribution in [3.8, 4) is 0 Å². The second-order valence-corrected chi connectivity index (χ2v) is 8.52. The molecule has 0 radical (unpaired) electrons. The van der Waals surface area contributed by atoms with Crippen molar-refractivity contribution in [2.45, 2.75) is 36.9 Å². The molecule has 2 atom stereocenters. The molecule has 2 aromatic rings. The lowest BCUT2D eigenvalue weighted by atomic mass is 10.2. The average Bonchev–Trinajstić information content (AvgIpc) is 2.91. The van der Waals surface area contributed by atoms with E-state index in [0.717, 1.165) is 5.52 Å². The van der Waals surface area contributed by atoms with Crippen molar-refractivity contribution in [1.82, 2.24) is 9.55 Å². The molecule has 114 valence electrons. The first-order chi connectivity index (χ1) is 9.88. The SMILES string of the molecule is CC(Cl)c1nc2cc(F)ccc2n1CC1CCCS1(=O)=O. The first kappa shape index (κ1) is 14.8. The van der Waals surface area contributed by atoms with Crippen LogP contribution in [0.5, 0.6) is 0 Å². The van der Waals surface area contributed by atoms with Crippen LogP contribution in [0, 0.1) is 5.82 Å². The van der Waals surface area contributed by atoms with E-state index in [-0.39, 0.29) is 16.9 Å². The zero-order valence-electron chi connectivity index (χ0n) is 11.6. The first-order valence-corrected chi connectivity index (χ1v) is 9.05. The van der Waals surface area contributed by atoms with Gasteiger partial charge in [-0.2, -0.15) is 0 Å². The van der Waals surface area contributed by atoms with E-state index in [1.165, 1.54) is 12.1 Å². The van der Waals surface area contributed by atoms with Gasteiger partial charge in [-0.3, -0.25) is 0 Å².